The van der Waals surface area contributed by atoms with Crippen molar-refractivity contribution in [3.05, 3.63) is 63.2 Å². The van der Waals surface area contributed by atoms with E-state index in [1.54, 1.807) is 18.2 Å². The molecule has 0 fully saturated rings. The Morgan fingerprint density at radius 3 is 1.95 bits per heavy atom. The Labute approximate surface area is 222 Å². The zero-order valence-corrected chi connectivity index (χ0v) is 22.9. The largest absolute Gasteiger partial charge is 0.492 e. The van der Waals surface area contributed by atoms with Gasteiger partial charge in [0.2, 0.25) is 0 Å². The maximum absolute atomic E-state index is 12.0. The Hall–Kier alpha value is -3.33. The Morgan fingerprint density at radius 1 is 0.892 bits per heavy atom. The molecule has 2 atom stereocenters. The lowest BCUT2D eigenvalue weighted by Gasteiger charge is -2.19. The molecule has 2 aromatic rings. The van der Waals surface area contributed by atoms with E-state index in [4.69, 9.17) is 14.7 Å². The van der Waals surface area contributed by atoms with Crippen molar-refractivity contribution in [1.82, 2.24) is 0 Å². The highest BCUT2D eigenvalue weighted by Gasteiger charge is 2.21. The van der Waals surface area contributed by atoms with Crippen LogP contribution in [0.1, 0.15) is 95.8 Å². The summed E-state index contributed by atoms with van der Waals surface area (Å²) in [7, 11) is 0. The summed E-state index contributed by atoms with van der Waals surface area (Å²) in [6.45, 7) is 9.58. The molecule has 0 heterocycles. The number of hydrogen-bond acceptors (Lipinski definition) is 5. The highest BCUT2D eigenvalue weighted by atomic mass is 16.6. The molecule has 0 radical (unpaired) electrons. The number of nitrogens with zero attached hydrogens (tertiary/aromatic N) is 2. The first-order chi connectivity index (χ1) is 17.9. The molecule has 0 spiro atoms. The number of benzene rings is 2. The van der Waals surface area contributed by atoms with E-state index in [0.29, 0.717) is 36.4 Å². The Morgan fingerprint density at radius 2 is 1.46 bits per heavy atom. The SMILES string of the molecule is CCCCC(CC)COc1cc([N+](=O)[O-])c(OCC(CC)CCCC)cc1/C=C/c1ccc(C#N)cc1. The minimum absolute atomic E-state index is 0.0718. The Balaban J connectivity index is 2.39. The molecule has 0 saturated carbocycles. The number of rotatable bonds is 17. The molecule has 0 saturated heterocycles. The van der Waals surface area contributed by atoms with Crippen molar-refractivity contribution in [2.24, 2.45) is 11.8 Å². The average Bonchev–Trinajstić information content (AvgIpc) is 2.92. The van der Waals surface area contributed by atoms with Crippen molar-refractivity contribution in [3.8, 4) is 17.6 Å². The average molecular weight is 507 g/mol. The monoisotopic (exact) mass is 506 g/mol. The summed E-state index contributed by atoms with van der Waals surface area (Å²) in [6, 6.07) is 12.6. The van der Waals surface area contributed by atoms with Crippen LogP contribution in [0.4, 0.5) is 5.69 Å². The van der Waals surface area contributed by atoms with Gasteiger partial charge in [-0.3, -0.25) is 10.1 Å². The van der Waals surface area contributed by atoms with Crippen molar-refractivity contribution < 1.29 is 14.4 Å². The highest BCUT2D eigenvalue weighted by Crippen LogP contribution is 2.37. The summed E-state index contributed by atoms with van der Waals surface area (Å²) in [5.41, 5.74) is 2.18. The van der Waals surface area contributed by atoms with Crippen LogP contribution in [0.3, 0.4) is 0 Å². The predicted molar refractivity (Wildman–Crippen MR) is 151 cm³/mol. The third kappa shape index (κ3) is 9.92. The first-order valence-electron chi connectivity index (χ1n) is 13.7. The molecular formula is C31H42N2O4. The van der Waals surface area contributed by atoms with Crippen LogP contribution in [-0.2, 0) is 0 Å². The van der Waals surface area contributed by atoms with Crippen LogP contribution < -0.4 is 9.47 Å². The summed E-state index contributed by atoms with van der Waals surface area (Å²) in [4.78, 5) is 11.6. The lowest BCUT2D eigenvalue weighted by atomic mass is 10.0. The van der Waals surface area contributed by atoms with E-state index in [0.717, 1.165) is 62.5 Å². The molecule has 0 N–H and O–H groups in total. The van der Waals surface area contributed by atoms with E-state index in [9.17, 15) is 10.1 Å². The molecule has 37 heavy (non-hydrogen) atoms. The van der Waals surface area contributed by atoms with Crippen LogP contribution in [0.5, 0.6) is 11.5 Å². The molecule has 0 bridgehead atoms. The van der Waals surface area contributed by atoms with Crippen LogP contribution in [0.2, 0.25) is 0 Å². The number of nitro groups is 1. The van der Waals surface area contributed by atoms with Crippen molar-refractivity contribution in [1.29, 1.82) is 5.26 Å². The van der Waals surface area contributed by atoms with Crippen molar-refractivity contribution in [3.63, 3.8) is 0 Å². The van der Waals surface area contributed by atoms with Crippen LogP contribution in [0.15, 0.2) is 36.4 Å². The fourth-order valence-corrected chi connectivity index (χ4v) is 4.14. The summed E-state index contributed by atoms with van der Waals surface area (Å²) in [5, 5.41) is 21.0. The number of hydrogen-bond donors (Lipinski definition) is 0. The smallest absolute Gasteiger partial charge is 0.314 e. The van der Waals surface area contributed by atoms with Crippen molar-refractivity contribution in [2.75, 3.05) is 13.2 Å². The zero-order chi connectivity index (χ0) is 27.0. The third-order valence-electron chi connectivity index (χ3n) is 6.82. The van der Waals surface area contributed by atoms with Gasteiger partial charge >= 0.3 is 5.69 Å². The van der Waals surface area contributed by atoms with Crippen molar-refractivity contribution in [2.45, 2.75) is 79.1 Å². The van der Waals surface area contributed by atoms with Gasteiger partial charge in [-0.1, -0.05) is 90.5 Å². The van der Waals surface area contributed by atoms with Gasteiger partial charge in [0.25, 0.3) is 0 Å². The van der Waals surface area contributed by atoms with Gasteiger partial charge in [0.15, 0.2) is 5.75 Å². The lowest BCUT2D eigenvalue weighted by molar-refractivity contribution is -0.386. The maximum atomic E-state index is 12.0. The number of nitriles is 1. The van der Waals surface area contributed by atoms with Gasteiger partial charge in [-0.15, -0.1) is 0 Å². The Bertz CT molecular complexity index is 1040. The molecule has 2 unspecified atom stereocenters. The number of nitro benzene ring substituents is 1. The van der Waals surface area contributed by atoms with Crippen LogP contribution in [0, 0.1) is 33.3 Å². The quantitative estimate of drug-likeness (QED) is 0.121. The summed E-state index contributed by atoms with van der Waals surface area (Å²) < 4.78 is 12.3. The fourth-order valence-electron chi connectivity index (χ4n) is 4.14. The molecule has 2 aromatic carbocycles. The van der Waals surface area contributed by atoms with Gasteiger partial charge in [0.05, 0.1) is 35.8 Å². The van der Waals surface area contributed by atoms with Crippen LogP contribution in [0.25, 0.3) is 12.2 Å². The standard InChI is InChI=1S/C31H42N2O4/c1-5-9-11-24(7-3)22-36-30-20-29(33(34)35)31(37-23-25(8-4)12-10-6-2)19-28(30)18-17-26-13-15-27(21-32)16-14-26/h13-20,24-25H,5-12,22-23H2,1-4H3/b18-17+. The minimum atomic E-state index is -0.391. The summed E-state index contributed by atoms with van der Waals surface area (Å²) in [5.74, 6) is 1.51. The predicted octanol–water partition coefficient (Wildman–Crippen LogP) is 8.83. The molecule has 0 aliphatic rings. The molecule has 2 rings (SSSR count). The van der Waals surface area contributed by atoms with E-state index < -0.39 is 4.92 Å². The van der Waals surface area contributed by atoms with E-state index >= 15 is 0 Å². The normalized spacial score (nSPS) is 12.7. The Kier molecular flexibility index (Phi) is 13.3. The first kappa shape index (κ1) is 29.9. The summed E-state index contributed by atoms with van der Waals surface area (Å²) >= 11 is 0. The summed E-state index contributed by atoms with van der Waals surface area (Å²) in [6.07, 6.45) is 12.4. The molecule has 0 aromatic heterocycles. The fraction of sp³-hybridized carbons (Fsp3) is 0.516. The highest BCUT2D eigenvalue weighted by molar-refractivity contribution is 5.75. The van der Waals surface area contributed by atoms with E-state index in [2.05, 4.69) is 33.8 Å². The van der Waals surface area contributed by atoms with Gasteiger partial charge in [-0.25, -0.2) is 0 Å². The molecule has 200 valence electrons. The second-order valence-electron chi connectivity index (χ2n) is 9.64. The second kappa shape index (κ2) is 16.4. The molecule has 6 nitrogen and oxygen atoms in total. The molecule has 0 amide bonds. The van der Waals surface area contributed by atoms with Gasteiger partial charge in [-0.2, -0.15) is 5.26 Å². The van der Waals surface area contributed by atoms with E-state index in [-0.39, 0.29) is 11.4 Å². The van der Waals surface area contributed by atoms with Crippen LogP contribution >= 0.6 is 0 Å². The lowest BCUT2D eigenvalue weighted by Crippen LogP contribution is -2.13. The molecule has 0 aliphatic carbocycles. The first-order valence-corrected chi connectivity index (χ1v) is 13.7. The zero-order valence-electron chi connectivity index (χ0n) is 22.9. The van der Waals surface area contributed by atoms with Gasteiger partial charge in [-0.05, 0) is 48.4 Å². The molecule has 0 aliphatic heterocycles. The maximum Gasteiger partial charge on any atom is 0.314 e. The van der Waals surface area contributed by atoms with E-state index in [1.807, 2.05) is 24.3 Å². The van der Waals surface area contributed by atoms with Crippen molar-refractivity contribution >= 4 is 17.8 Å². The minimum Gasteiger partial charge on any atom is -0.492 e. The van der Waals surface area contributed by atoms with Crippen LogP contribution in [-0.4, -0.2) is 18.1 Å². The topological polar surface area (TPSA) is 85.4 Å². The van der Waals surface area contributed by atoms with Gasteiger partial charge < -0.3 is 9.47 Å². The third-order valence-corrected chi connectivity index (χ3v) is 6.82. The number of ether oxygens (including phenoxy) is 2. The molecular weight excluding hydrogens is 464 g/mol. The van der Waals surface area contributed by atoms with Gasteiger partial charge in [0.1, 0.15) is 5.75 Å². The second-order valence-corrected chi connectivity index (χ2v) is 9.64. The number of unbranched alkanes of at least 4 members (excludes halogenated alkanes) is 2. The molecule has 6 heteroatoms. The van der Waals surface area contributed by atoms with E-state index in [1.165, 1.54) is 6.07 Å². The van der Waals surface area contributed by atoms with Gasteiger partial charge in [0, 0.05) is 5.56 Å².